The lowest BCUT2D eigenvalue weighted by atomic mass is 10.2. The van der Waals surface area contributed by atoms with E-state index in [2.05, 4.69) is 13.0 Å². The van der Waals surface area contributed by atoms with Crippen molar-refractivity contribution in [3.63, 3.8) is 0 Å². The summed E-state index contributed by atoms with van der Waals surface area (Å²) >= 11 is 0. The number of allylic oxidation sites excluding steroid dienone is 4. The van der Waals surface area contributed by atoms with Crippen LogP contribution in [-0.4, -0.2) is 20.4 Å². The average molecular weight is 232 g/mol. The second-order valence-corrected chi connectivity index (χ2v) is 5.47. The van der Waals surface area contributed by atoms with Crippen molar-refractivity contribution in [2.45, 2.75) is 26.2 Å². The van der Waals surface area contributed by atoms with Crippen molar-refractivity contribution in [3.05, 3.63) is 24.3 Å². The molecule has 0 saturated heterocycles. The standard InChI is InChI=1S/C11H21O3P/c1-4-5-6-7-8-9-10-11-15(12,13-2)14-3/h7-10H,4-6,11H2,1-3H3. The monoisotopic (exact) mass is 232 g/mol. The third kappa shape index (κ3) is 7.55. The largest absolute Gasteiger partial charge is 0.333 e. The van der Waals surface area contributed by atoms with E-state index in [1.165, 1.54) is 27.1 Å². The molecule has 0 N–H and O–H groups in total. The van der Waals surface area contributed by atoms with Crippen molar-refractivity contribution < 1.29 is 13.6 Å². The smallest absolute Gasteiger partial charge is 0.312 e. The molecule has 0 rings (SSSR count). The van der Waals surface area contributed by atoms with Gasteiger partial charge in [-0.15, -0.1) is 0 Å². The maximum atomic E-state index is 11.6. The van der Waals surface area contributed by atoms with Crippen LogP contribution in [0.25, 0.3) is 0 Å². The minimum absolute atomic E-state index is 0.318. The highest BCUT2D eigenvalue weighted by Crippen LogP contribution is 2.46. The normalized spacial score (nSPS) is 13.0. The molecule has 0 unspecified atom stereocenters. The van der Waals surface area contributed by atoms with E-state index in [0.717, 1.165) is 6.42 Å². The Balaban J connectivity index is 3.79. The molecule has 0 aliphatic heterocycles. The molecule has 0 bridgehead atoms. The van der Waals surface area contributed by atoms with Crippen LogP contribution in [0, 0.1) is 0 Å². The Labute approximate surface area is 92.7 Å². The Morgan fingerprint density at radius 2 is 1.73 bits per heavy atom. The second kappa shape index (κ2) is 8.90. The van der Waals surface area contributed by atoms with Crippen LogP contribution in [-0.2, 0) is 13.6 Å². The zero-order valence-corrected chi connectivity index (χ0v) is 10.7. The summed E-state index contributed by atoms with van der Waals surface area (Å²) < 4.78 is 21.1. The molecular weight excluding hydrogens is 211 g/mol. The van der Waals surface area contributed by atoms with Crippen molar-refractivity contribution >= 4 is 7.60 Å². The summed E-state index contributed by atoms with van der Waals surface area (Å²) in [5, 5.41) is 0. The fourth-order valence-electron chi connectivity index (χ4n) is 0.989. The van der Waals surface area contributed by atoms with Crippen LogP contribution in [0.1, 0.15) is 26.2 Å². The molecule has 0 spiro atoms. The third-order valence-corrected chi connectivity index (χ3v) is 3.76. The minimum Gasteiger partial charge on any atom is -0.312 e. The molecule has 0 aromatic carbocycles. The number of unbranched alkanes of at least 4 members (excludes halogenated alkanes) is 2. The van der Waals surface area contributed by atoms with Gasteiger partial charge in [0.05, 0.1) is 6.16 Å². The van der Waals surface area contributed by atoms with Gasteiger partial charge in [0.15, 0.2) is 0 Å². The first-order valence-corrected chi connectivity index (χ1v) is 6.93. The first-order valence-electron chi connectivity index (χ1n) is 5.20. The van der Waals surface area contributed by atoms with E-state index in [0.29, 0.717) is 6.16 Å². The summed E-state index contributed by atoms with van der Waals surface area (Å²) in [5.41, 5.74) is 0. The number of rotatable bonds is 8. The molecule has 0 heterocycles. The van der Waals surface area contributed by atoms with E-state index in [1.807, 2.05) is 12.2 Å². The van der Waals surface area contributed by atoms with E-state index < -0.39 is 7.60 Å². The van der Waals surface area contributed by atoms with Crippen molar-refractivity contribution in [1.82, 2.24) is 0 Å². The van der Waals surface area contributed by atoms with Gasteiger partial charge in [0.2, 0.25) is 0 Å². The molecule has 4 heteroatoms. The van der Waals surface area contributed by atoms with Gasteiger partial charge >= 0.3 is 7.60 Å². The predicted octanol–water partition coefficient (Wildman–Crippen LogP) is 3.77. The highest BCUT2D eigenvalue weighted by atomic mass is 31.2. The maximum Gasteiger partial charge on any atom is 0.333 e. The lowest BCUT2D eigenvalue weighted by Crippen LogP contribution is -1.91. The Hall–Kier alpha value is -0.370. The van der Waals surface area contributed by atoms with Gasteiger partial charge in [0, 0.05) is 14.2 Å². The van der Waals surface area contributed by atoms with Crippen molar-refractivity contribution in [1.29, 1.82) is 0 Å². The highest BCUT2D eigenvalue weighted by molar-refractivity contribution is 7.54. The molecule has 15 heavy (non-hydrogen) atoms. The van der Waals surface area contributed by atoms with Crippen LogP contribution in [0.15, 0.2) is 24.3 Å². The molecule has 0 fully saturated rings. The van der Waals surface area contributed by atoms with Gasteiger partial charge in [-0.3, -0.25) is 4.57 Å². The molecule has 0 amide bonds. The molecule has 0 aliphatic carbocycles. The fourth-order valence-corrected chi connectivity index (χ4v) is 1.82. The second-order valence-electron chi connectivity index (χ2n) is 3.16. The Morgan fingerprint density at radius 1 is 1.13 bits per heavy atom. The topological polar surface area (TPSA) is 35.5 Å². The van der Waals surface area contributed by atoms with E-state index in [4.69, 9.17) is 9.05 Å². The van der Waals surface area contributed by atoms with E-state index in [1.54, 1.807) is 6.08 Å². The molecule has 0 saturated carbocycles. The summed E-state index contributed by atoms with van der Waals surface area (Å²) in [6.45, 7) is 2.16. The molecule has 0 atom stereocenters. The molecular formula is C11H21O3P. The van der Waals surface area contributed by atoms with E-state index in [9.17, 15) is 4.57 Å². The van der Waals surface area contributed by atoms with Crippen LogP contribution >= 0.6 is 7.60 Å². The summed E-state index contributed by atoms with van der Waals surface area (Å²) in [6, 6.07) is 0. The lowest BCUT2D eigenvalue weighted by Gasteiger charge is -2.09. The molecule has 0 aliphatic rings. The van der Waals surface area contributed by atoms with Crippen molar-refractivity contribution in [2.75, 3.05) is 20.4 Å². The van der Waals surface area contributed by atoms with Gasteiger partial charge in [-0.2, -0.15) is 0 Å². The van der Waals surface area contributed by atoms with Crippen LogP contribution in [0.2, 0.25) is 0 Å². The minimum atomic E-state index is -2.86. The van der Waals surface area contributed by atoms with Gasteiger partial charge in [-0.1, -0.05) is 44.1 Å². The summed E-state index contributed by atoms with van der Waals surface area (Å²) in [5.74, 6) is 0. The molecule has 88 valence electrons. The van der Waals surface area contributed by atoms with E-state index >= 15 is 0 Å². The Kier molecular flexibility index (Phi) is 8.68. The van der Waals surface area contributed by atoms with Gasteiger partial charge in [0.25, 0.3) is 0 Å². The first kappa shape index (κ1) is 14.6. The SMILES string of the molecule is CCCCC=CC=CCP(=O)(OC)OC. The number of hydrogen-bond donors (Lipinski definition) is 0. The zero-order valence-electron chi connectivity index (χ0n) is 9.81. The van der Waals surface area contributed by atoms with Crippen LogP contribution < -0.4 is 0 Å². The van der Waals surface area contributed by atoms with Gasteiger partial charge in [-0.05, 0) is 6.42 Å². The van der Waals surface area contributed by atoms with Crippen molar-refractivity contribution in [3.8, 4) is 0 Å². The molecule has 3 nitrogen and oxygen atoms in total. The quantitative estimate of drug-likeness (QED) is 0.363. The summed E-state index contributed by atoms with van der Waals surface area (Å²) in [6.07, 6.45) is 11.6. The predicted molar refractivity (Wildman–Crippen MR) is 64.3 cm³/mol. The summed E-state index contributed by atoms with van der Waals surface area (Å²) in [4.78, 5) is 0. The zero-order chi connectivity index (χ0) is 11.6. The number of hydrogen-bond acceptors (Lipinski definition) is 3. The lowest BCUT2D eigenvalue weighted by molar-refractivity contribution is 0.279. The van der Waals surface area contributed by atoms with Crippen LogP contribution in [0.3, 0.4) is 0 Å². The third-order valence-electron chi connectivity index (χ3n) is 1.99. The maximum absolute atomic E-state index is 11.6. The summed E-state index contributed by atoms with van der Waals surface area (Å²) in [7, 11) is -0.0671. The fraction of sp³-hybridized carbons (Fsp3) is 0.636. The van der Waals surface area contributed by atoms with Gasteiger partial charge < -0.3 is 9.05 Å². The molecule has 0 radical (unpaired) electrons. The van der Waals surface area contributed by atoms with Crippen LogP contribution in [0.5, 0.6) is 0 Å². The Bertz CT molecular complexity index is 238. The molecule has 0 aromatic heterocycles. The highest BCUT2D eigenvalue weighted by Gasteiger charge is 2.17. The van der Waals surface area contributed by atoms with Gasteiger partial charge in [0.1, 0.15) is 0 Å². The first-order chi connectivity index (χ1) is 7.18. The van der Waals surface area contributed by atoms with Gasteiger partial charge in [-0.25, -0.2) is 0 Å². The van der Waals surface area contributed by atoms with Crippen LogP contribution in [0.4, 0.5) is 0 Å². The van der Waals surface area contributed by atoms with Crippen molar-refractivity contribution in [2.24, 2.45) is 0 Å². The average Bonchev–Trinajstić information content (AvgIpc) is 2.27. The molecule has 0 aromatic rings. The Morgan fingerprint density at radius 3 is 2.27 bits per heavy atom. The van der Waals surface area contributed by atoms with E-state index in [-0.39, 0.29) is 0 Å².